The maximum atomic E-state index is 12.7. The molecule has 29 heavy (non-hydrogen) atoms. The zero-order chi connectivity index (χ0) is 20.2. The molecule has 2 amide bonds. The molecule has 6 heteroatoms. The van der Waals surface area contributed by atoms with E-state index < -0.39 is 0 Å². The Kier molecular flexibility index (Phi) is 5.69. The van der Waals surface area contributed by atoms with Crippen LogP contribution in [0, 0.1) is 5.92 Å². The van der Waals surface area contributed by atoms with Gasteiger partial charge in [0.25, 0.3) is 0 Å². The molecule has 2 aliphatic heterocycles. The first kappa shape index (κ1) is 19.3. The molecule has 2 aromatic carbocycles. The average molecular weight is 394 g/mol. The number of ether oxygens (including phenoxy) is 2. The van der Waals surface area contributed by atoms with E-state index in [1.54, 1.807) is 4.90 Å². The normalized spacial score (nSPS) is 19.1. The van der Waals surface area contributed by atoms with Gasteiger partial charge in [-0.3, -0.25) is 9.59 Å². The number of hydrogen-bond acceptors (Lipinski definition) is 4. The number of likely N-dealkylation sites (tertiary alicyclic amines) is 1. The van der Waals surface area contributed by atoms with Crippen molar-refractivity contribution in [2.75, 3.05) is 26.3 Å². The molecule has 2 unspecified atom stereocenters. The molecule has 0 aliphatic carbocycles. The molecule has 4 rings (SSSR count). The first-order valence-electron chi connectivity index (χ1n) is 10.1. The van der Waals surface area contributed by atoms with Crippen LogP contribution >= 0.6 is 0 Å². The minimum atomic E-state index is -0.307. The van der Waals surface area contributed by atoms with Crippen molar-refractivity contribution in [2.24, 2.45) is 5.92 Å². The Bertz CT molecular complexity index is 884. The van der Waals surface area contributed by atoms with E-state index >= 15 is 0 Å². The summed E-state index contributed by atoms with van der Waals surface area (Å²) >= 11 is 0. The molecule has 152 valence electrons. The van der Waals surface area contributed by atoms with Crippen LogP contribution in [-0.4, -0.2) is 43.0 Å². The second-order valence-corrected chi connectivity index (χ2v) is 7.61. The second-order valence-electron chi connectivity index (χ2n) is 7.61. The summed E-state index contributed by atoms with van der Waals surface area (Å²) in [7, 11) is 0. The van der Waals surface area contributed by atoms with E-state index in [-0.39, 0.29) is 30.2 Å². The molecule has 0 saturated carbocycles. The van der Waals surface area contributed by atoms with Crippen molar-refractivity contribution >= 4 is 11.8 Å². The van der Waals surface area contributed by atoms with Crippen LogP contribution in [0.5, 0.6) is 11.5 Å². The minimum absolute atomic E-state index is 0.0491. The molecule has 6 nitrogen and oxygen atoms in total. The van der Waals surface area contributed by atoms with E-state index in [0.29, 0.717) is 32.1 Å². The summed E-state index contributed by atoms with van der Waals surface area (Å²) in [5, 5.41) is 3.05. The minimum Gasteiger partial charge on any atom is -0.486 e. The van der Waals surface area contributed by atoms with Crippen molar-refractivity contribution in [3.63, 3.8) is 0 Å². The maximum absolute atomic E-state index is 12.7. The highest BCUT2D eigenvalue weighted by Gasteiger charge is 2.34. The van der Waals surface area contributed by atoms with Gasteiger partial charge in [-0.15, -0.1) is 0 Å². The van der Waals surface area contributed by atoms with Gasteiger partial charge in [-0.25, -0.2) is 0 Å². The SMILES string of the molecule is CC(NC(=O)C1CC(=O)N(CCc2ccccc2)C1)c1ccc2c(c1)OCCO2. The summed E-state index contributed by atoms with van der Waals surface area (Å²) in [5.41, 5.74) is 2.15. The summed E-state index contributed by atoms with van der Waals surface area (Å²) in [6.45, 7) is 4.14. The fourth-order valence-corrected chi connectivity index (χ4v) is 3.82. The number of nitrogens with one attached hydrogen (secondary N) is 1. The predicted molar refractivity (Wildman–Crippen MR) is 109 cm³/mol. The number of carbonyl (C=O) groups is 2. The van der Waals surface area contributed by atoms with Gasteiger partial charge in [-0.2, -0.15) is 0 Å². The number of carbonyl (C=O) groups excluding carboxylic acids is 2. The Morgan fingerprint density at radius 1 is 1.14 bits per heavy atom. The van der Waals surface area contributed by atoms with Crippen molar-refractivity contribution in [3.8, 4) is 11.5 Å². The van der Waals surface area contributed by atoms with E-state index in [4.69, 9.17) is 9.47 Å². The third-order valence-electron chi connectivity index (χ3n) is 5.52. The molecule has 2 aliphatic rings. The van der Waals surface area contributed by atoms with Gasteiger partial charge in [0.15, 0.2) is 11.5 Å². The molecule has 1 N–H and O–H groups in total. The molecule has 1 saturated heterocycles. The third kappa shape index (κ3) is 4.53. The second kappa shape index (κ2) is 8.55. The van der Waals surface area contributed by atoms with E-state index in [1.165, 1.54) is 5.56 Å². The van der Waals surface area contributed by atoms with Crippen LogP contribution in [0.4, 0.5) is 0 Å². The highest BCUT2D eigenvalue weighted by atomic mass is 16.6. The van der Waals surface area contributed by atoms with E-state index in [2.05, 4.69) is 17.4 Å². The standard InChI is InChI=1S/C23H26N2O4/c1-16(18-7-8-20-21(13-18)29-12-11-28-20)24-23(27)19-14-22(26)25(15-19)10-9-17-5-3-2-4-6-17/h2-8,13,16,19H,9-12,14-15H2,1H3,(H,24,27). The van der Waals surface area contributed by atoms with E-state index in [0.717, 1.165) is 17.7 Å². The fraction of sp³-hybridized carbons (Fsp3) is 0.391. The van der Waals surface area contributed by atoms with Crippen LogP contribution in [0.15, 0.2) is 48.5 Å². The highest BCUT2D eigenvalue weighted by Crippen LogP contribution is 2.32. The number of amides is 2. The summed E-state index contributed by atoms with van der Waals surface area (Å²) in [4.78, 5) is 26.9. The van der Waals surface area contributed by atoms with E-state index in [9.17, 15) is 9.59 Å². The molecule has 0 spiro atoms. The van der Waals surface area contributed by atoms with Gasteiger partial charge in [-0.1, -0.05) is 36.4 Å². The Morgan fingerprint density at radius 3 is 2.69 bits per heavy atom. The van der Waals surface area contributed by atoms with Gasteiger partial charge in [0, 0.05) is 19.5 Å². The monoisotopic (exact) mass is 394 g/mol. The zero-order valence-electron chi connectivity index (χ0n) is 16.6. The Hall–Kier alpha value is -3.02. The van der Waals surface area contributed by atoms with Gasteiger partial charge in [-0.05, 0) is 36.6 Å². The molecule has 2 atom stereocenters. The zero-order valence-corrected chi connectivity index (χ0v) is 16.6. The van der Waals surface area contributed by atoms with Crippen LogP contribution < -0.4 is 14.8 Å². The summed E-state index contributed by atoms with van der Waals surface area (Å²) in [6, 6.07) is 15.6. The van der Waals surface area contributed by atoms with Crippen LogP contribution in [-0.2, 0) is 16.0 Å². The first-order chi connectivity index (χ1) is 14.1. The molecule has 0 bridgehead atoms. The predicted octanol–water partition coefficient (Wildman–Crippen LogP) is 2.73. The number of rotatable bonds is 6. The van der Waals surface area contributed by atoms with Crippen molar-refractivity contribution in [2.45, 2.75) is 25.8 Å². The summed E-state index contributed by atoms with van der Waals surface area (Å²) < 4.78 is 11.2. The van der Waals surface area contributed by atoms with Crippen LogP contribution in [0.2, 0.25) is 0 Å². The first-order valence-corrected chi connectivity index (χ1v) is 10.1. The smallest absolute Gasteiger partial charge is 0.225 e. The van der Waals surface area contributed by atoms with Gasteiger partial charge >= 0.3 is 0 Å². The van der Waals surface area contributed by atoms with Gasteiger partial charge in [0.2, 0.25) is 11.8 Å². The highest BCUT2D eigenvalue weighted by molar-refractivity contribution is 5.89. The lowest BCUT2D eigenvalue weighted by molar-refractivity contribution is -0.129. The Labute approximate surface area is 170 Å². The molecular weight excluding hydrogens is 368 g/mol. The Balaban J connectivity index is 1.32. The lowest BCUT2D eigenvalue weighted by Gasteiger charge is -2.22. The number of fused-ring (bicyclic) bond motifs is 1. The lowest BCUT2D eigenvalue weighted by Crippen LogP contribution is -2.35. The summed E-state index contributed by atoms with van der Waals surface area (Å²) in [6.07, 6.45) is 1.07. The van der Waals surface area contributed by atoms with Gasteiger partial charge in [0.05, 0.1) is 12.0 Å². The topological polar surface area (TPSA) is 67.9 Å². The molecule has 0 aromatic heterocycles. The van der Waals surface area contributed by atoms with Gasteiger partial charge in [0.1, 0.15) is 13.2 Å². The van der Waals surface area contributed by atoms with Crippen LogP contribution in [0.1, 0.15) is 30.5 Å². The molecular formula is C23H26N2O4. The largest absolute Gasteiger partial charge is 0.486 e. The quantitative estimate of drug-likeness (QED) is 0.818. The van der Waals surface area contributed by atoms with Crippen molar-refractivity contribution in [3.05, 3.63) is 59.7 Å². The molecule has 1 fully saturated rings. The van der Waals surface area contributed by atoms with Crippen molar-refractivity contribution in [1.29, 1.82) is 0 Å². The molecule has 2 heterocycles. The maximum Gasteiger partial charge on any atom is 0.225 e. The van der Waals surface area contributed by atoms with E-state index in [1.807, 2.05) is 43.3 Å². The number of nitrogens with zero attached hydrogens (tertiary/aromatic N) is 1. The summed E-state index contributed by atoms with van der Waals surface area (Å²) in [5.74, 6) is 1.10. The number of benzene rings is 2. The third-order valence-corrected chi connectivity index (χ3v) is 5.52. The molecule has 0 radical (unpaired) electrons. The van der Waals surface area contributed by atoms with Crippen molar-refractivity contribution < 1.29 is 19.1 Å². The van der Waals surface area contributed by atoms with Gasteiger partial charge < -0.3 is 19.7 Å². The Morgan fingerprint density at radius 2 is 1.90 bits per heavy atom. The lowest BCUT2D eigenvalue weighted by atomic mass is 10.0. The van der Waals surface area contributed by atoms with Crippen LogP contribution in [0.3, 0.4) is 0 Å². The number of hydrogen-bond donors (Lipinski definition) is 1. The fourth-order valence-electron chi connectivity index (χ4n) is 3.82. The molecule has 2 aromatic rings. The average Bonchev–Trinajstić information content (AvgIpc) is 3.13. The van der Waals surface area contributed by atoms with Crippen molar-refractivity contribution in [1.82, 2.24) is 10.2 Å². The van der Waals surface area contributed by atoms with Crippen LogP contribution in [0.25, 0.3) is 0 Å².